The van der Waals surface area contributed by atoms with E-state index in [0.717, 1.165) is 44.2 Å². The van der Waals surface area contributed by atoms with Gasteiger partial charge < -0.3 is 32.3 Å². The number of rotatable bonds is 5. The van der Waals surface area contributed by atoms with Crippen molar-refractivity contribution in [2.75, 3.05) is 6.61 Å². The summed E-state index contributed by atoms with van der Waals surface area (Å²) in [5, 5.41) is 31.6. The molecule has 1 aromatic heterocycles. The van der Waals surface area contributed by atoms with Crippen LogP contribution in [0.25, 0.3) is 0 Å². The highest BCUT2D eigenvalue weighted by atomic mass is 79.9. The first-order valence-electron chi connectivity index (χ1n) is 16.4. The summed E-state index contributed by atoms with van der Waals surface area (Å²) in [7, 11) is 0. The van der Waals surface area contributed by atoms with Crippen LogP contribution in [-0.2, 0) is 13.2 Å². The number of pyridine rings is 1. The highest BCUT2D eigenvalue weighted by Crippen LogP contribution is 2.77. The molecule has 3 N–H and O–H groups in total. The van der Waals surface area contributed by atoms with Crippen LogP contribution in [0.3, 0.4) is 0 Å². The van der Waals surface area contributed by atoms with E-state index in [4.69, 9.17) is 6.58 Å². The van der Waals surface area contributed by atoms with Gasteiger partial charge in [0.2, 0.25) is 0 Å². The van der Waals surface area contributed by atoms with E-state index in [2.05, 4.69) is 51.6 Å². The number of nitrogens with zero attached hydrogens (tertiary/aromatic N) is 1. The lowest BCUT2D eigenvalue weighted by molar-refractivity contribution is -0.690. The van der Waals surface area contributed by atoms with Gasteiger partial charge in [0.15, 0.2) is 18.9 Å². The highest BCUT2D eigenvalue weighted by Gasteiger charge is 2.70. The highest BCUT2D eigenvalue weighted by molar-refractivity contribution is 5.22. The second-order valence-electron chi connectivity index (χ2n) is 16.4. The molecule has 5 aliphatic rings. The minimum absolute atomic E-state index is 0. The SMILES string of the molecule is C=C(C[n+]1cccc(CO)c1)[C@@H]1CC[C@]2(CO)CC[C@]3(C)[C@H](CC[C@@H]4[C@@]5(C)CCC(O)C(C)(C)[C@@H]5CC[C@]43C)[C@@H]12.[Br-]. The van der Waals surface area contributed by atoms with Crippen LogP contribution in [0.2, 0.25) is 0 Å². The summed E-state index contributed by atoms with van der Waals surface area (Å²) in [5.41, 5.74) is 3.12. The largest absolute Gasteiger partial charge is 1.00 e. The molecule has 5 saturated carbocycles. The molecule has 0 spiro atoms. The van der Waals surface area contributed by atoms with Gasteiger partial charge in [0.1, 0.15) is 0 Å². The average Bonchev–Trinajstić information content (AvgIpc) is 3.32. The van der Waals surface area contributed by atoms with Crippen LogP contribution in [0.5, 0.6) is 0 Å². The maximum atomic E-state index is 11.0. The number of aromatic nitrogens is 1. The Morgan fingerprint density at radius 3 is 2.37 bits per heavy atom. The average molecular weight is 631 g/mol. The van der Waals surface area contributed by atoms with Gasteiger partial charge in [-0.05, 0) is 133 Å². The summed E-state index contributed by atoms with van der Waals surface area (Å²) in [5.74, 6) is 2.85. The molecule has 0 aromatic carbocycles. The number of hydrogen-bond donors (Lipinski definition) is 3. The molecule has 41 heavy (non-hydrogen) atoms. The van der Waals surface area contributed by atoms with E-state index in [0.29, 0.717) is 47.0 Å². The lowest BCUT2D eigenvalue weighted by Crippen LogP contribution is -3.00. The van der Waals surface area contributed by atoms with Crippen molar-refractivity contribution >= 4 is 0 Å². The lowest BCUT2D eigenvalue weighted by Gasteiger charge is -2.73. The Morgan fingerprint density at radius 2 is 1.66 bits per heavy atom. The second-order valence-corrected chi connectivity index (χ2v) is 16.4. The molecule has 5 fully saturated rings. The normalized spacial score (nSPS) is 46.3. The molecule has 10 atom stereocenters. The molecule has 1 unspecified atom stereocenters. The van der Waals surface area contributed by atoms with E-state index in [-0.39, 0.29) is 45.9 Å². The first-order valence-corrected chi connectivity index (χ1v) is 16.4. The van der Waals surface area contributed by atoms with Crippen molar-refractivity contribution in [1.82, 2.24) is 0 Å². The predicted molar refractivity (Wildman–Crippen MR) is 159 cm³/mol. The summed E-state index contributed by atoms with van der Waals surface area (Å²) in [6.45, 7) is 18.5. The summed E-state index contributed by atoms with van der Waals surface area (Å²) < 4.78 is 2.19. The predicted octanol–water partition coefficient (Wildman–Crippen LogP) is 3.46. The van der Waals surface area contributed by atoms with Gasteiger partial charge in [-0.15, -0.1) is 0 Å². The van der Waals surface area contributed by atoms with E-state index in [1.807, 2.05) is 12.1 Å². The Labute approximate surface area is 259 Å². The Bertz CT molecular complexity index is 1150. The van der Waals surface area contributed by atoms with E-state index < -0.39 is 0 Å². The summed E-state index contributed by atoms with van der Waals surface area (Å²) in [6.07, 6.45) is 15.8. The molecule has 4 nitrogen and oxygen atoms in total. The third kappa shape index (κ3) is 4.40. The monoisotopic (exact) mass is 629 g/mol. The Morgan fingerprint density at radius 1 is 0.902 bits per heavy atom. The van der Waals surface area contributed by atoms with E-state index in [1.54, 1.807) is 0 Å². The fourth-order valence-electron chi connectivity index (χ4n) is 12.6. The third-order valence-corrected chi connectivity index (χ3v) is 14.9. The molecule has 5 aliphatic carbocycles. The Hall–Kier alpha value is -0.750. The molecule has 230 valence electrons. The lowest BCUT2D eigenvalue weighted by atomic mass is 9.32. The van der Waals surface area contributed by atoms with Gasteiger partial charge in [0, 0.05) is 18.2 Å². The Kier molecular flexibility index (Phi) is 8.27. The van der Waals surface area contributed by atoms with Crippen LogP contribution >= 0.6 is 0 Å². The van der Waals surface area contributed by atoms with Gasteiger partial charge in [0.05, 0.1) is 12.7 Å². The number of allylic oxidation sites excluding steroid dienone is 1. The topological polar surface area (TPSA) is 64.6 Å². The number of hydrogen-bond acceptors (Lipinski definition) is 3. The minimum atomic E-state index is -0.178. The van der Waals surface area contributed by atoms with Gasteiger partial charge in [-0.2, -0.15) is 0 Å². The van der Waals surface area contributed by atoms with Gasteiger partial charge in [-0.1, -0.05) is 41.2 Å². The van der Waals surface area contributed by atoms with E-state index in [1.165, 1.54) is 37.7 Å². The maximum absolute atomic E-state index is 11.0. The molecule has 5 heteroatoms. The number of halogens is 1. The van der Waals surface area contributed by atoms with Crippen molar-refractivity contribution in [3.05, 3.63) is 42.2 Å². The smallest absolute Gasteiger partial charge is 0.174 e. The molecule has 1 aromatic rings. The summed E-state index contributed by atoms with van der Waals surface area (Å²) in [6, 6.07) is 3.99. The quantitative estimate of drug-likeness (QED) is 0.345. The molecule has 0 saturated heterocycles. The van der Waals surface area contributed by atoms with Crippen molar-refractivity contribution in [2.45, 2.75) is 118 Å². The van der Waals surface area contributed by atoms with Crippen LogP contribution in [-0.4, -0.2) is 28.0 Å². The molecule has 1 heterocycles. The first-order chi connectivity index (χ1) is 18.9. The Balaban J connectivity index is 0.00000337. The minimum Gasteiger partial charge on any atom is -1.00 e. The molecule has 6 rings (SSSR count). The zero-order valence-electron chi connectivity index (χ0n) is 26.3. The summed E-state index contributed by atoms with van der Waals surface area (Å²) >= 11 is 0. The van der Waals surface area contributed by atoms with Crippen LogP contribution in [0.1, 0.15) is 104 Å². The van der Waals surface area contributed by atoms with Gasteiger partial charge >= 0.3 is 0 Å². The van der Waals surface area contributed by atoms with Crippen LogP contribution in [0, 0.1) is 56.7 Å². The fourth-order valence-corrected chi connectivity index (χ4v) is 12.6. The molecular weight excluding hydrogens is 574 g/mol. The first kappa shape index (κ1) is 31.7. The second kappa shape index (κ2) is 10.7. The standard InChI is InChI=1S/C36H56NO3.BrH/c1-24(20-37-19-7-8-25(21-37)22-38)26-11-16-36(23-39)18-17-34(5)27(31(26)36)9-10-29-33(4)14-13-30(40)32(2,3)28(33)12-15-35(29,34)6;/h7-8,19,21,26-31,38-40H,1,9-18,20,22-23H2,2-6H3;1H/q+1;/p-1/t26-,27+,28-,29+,30?,31+,33-,34+,35+,36+;/m0./s1. The number of fused-ring (bicyclic) bond motifs is 7. The molecule has 0 bridgehead atoms. The van der Waals surface area contributed by atoms with E-state index in [9.17, 15) is 15.3 Å². The van der Waals surface area contributed by atoms with Crippen molar-refractivity contribution in [3.8, 4) is 0 Å². The van der Waals surface area contributed by atoms with Crippen molar-refractivity contribution in [2.24, 2.45) is 56.7 Å². The van der Waals surface area contributed by atoms with Gasteiger partial charge in [-0.25, -0.2) is 4.57 Å². The van der Waals surface area contributed by atoms with Crippen molar-refractivity contribution in [3.63, 3.8) is 0 Å². The van der Waals surface area contributed by atoms with Crippen LogP contribution in [0.15, 0.2) is 36.7 Å². The fraction of sp³-hybridized carbons (Fsp3) is 0.806. The van der Waals surface area contributed by atoms with Gasteiger partial charge in [0.25, 0.3) is 0 Å². The third-order valence-electron chi connectivity index (χ3n) is 14.9. The van der Waals surface area contributed by atoms with Crippen LogP contribution < -0.4 is 21.5 Å². The maximum Gasteiger partial charge on any atom is 0.174 e. The summed E-state index contributed by atoms with van der Waals surface area (Å²) in [4.78, 5) is 0. The van der Waals surface area contributed by atoms with E-state index >= 15 is 0 Å². The molecule has 0 aliphatic heterocycles. The molecule has 0 amide bonds. The molecule has 0 radical (unpaired) electrons. The van der Waals surface area contributed by atoms with Crippen molar-refractivity contribution < 1.29 is 36.9 Å². The van der Waals surface area contributed by atoms with Crippen LogP contribution in [0.4, 0.5) is 0 Å². The van der Waals surface area contributed by atoms with Gasteiger partial charge in [-0.3, -0.25) is 0 Å². The van der Waals surface area contributed by atoms with Crippen molar-refractivity contribution in [1.29, 1.82) is 0 Å². The zero-order chi connectivity index (χ0) is 28.7. The number of aliphatic hydroxyl groups excluding tert-OH is 3. The molecular formula is C36H56BrNO3. The number of aliphatic hydroxyl groups is 3. The zero-order valence-corrected chi connectivity index (χ0v) is 27.9.